The summed E-state index contributed by atoms with van der Waals surface area (Å²) in [7, 11) is 0. The number of aromatic nitrogens is 2. The van der Waals surface area contributed by atoms with Crippen LogP contribution in [0.1, 0.15) is 22.9 Å². The Balaban J connectivity index is 2.05. The summed E-state index contributed by atoms with van der Waals surface area (Å²) in [6.45, 7) is 1.86. The zero-order chi connectivity index (χ0) is 14.8. The highest BCUT2D eigenvalue weighted by molar-refractivity contribution is 5.39. The first-order valence-electron chi connectivity index (χ1n) is 6.75. The quantitative estimate of drug-likeness (QED) is 0.800. The molecule has 1 aromatic heterocycles. The normalized spacial score (nSPS) is 12.3. The Hall–Kier alpha value is -2.46. The molecule has 21 heavy (non-hydrogen) atoms. The average Bonchev–Trinajstić information content (AvgIpc) is 2.96. The highest BCUT2D eigenvalue weighted by atomic mass is 19.1. The van der Waals surface area contributed by atoms with Crippen LogP contribution in [0.4, 0.5) is 4.39 Å². The molecule has 4 heteroatoms. The minimum atomic E-state index is -0.308. The number of aryl methyl sites for hydroxylation is 1. The number of benzene rings is 2. The largest absolute Gasteiger partial charge is 0.319 e. The summed E-state index contributed by atoms with van der Waals surface area (Å²) in [6, 6.07) is 14.4. The van der Waals surface area contributed by atoms with Gasteiger partial charge in [0.05, 0.1) is 29.9 Å². The first kappa shape index (κ1) is 13.5. The third-order valence-corrected chi connectivity index (χ3v) is 3.45. The fourth-order valence-corrected chi connectivity index (χ4v) is 2.44. The Kier molecular flexibility index (Phi) is 3.54. The van der Waals surface area contributed by atoms with E-state index in [1.807, 2.05) is 47.9 Å². The van der Waals surface area contributed by atoms with Crippen molar-refractivity contribution in [1.82, 2.24) is 9.55 Å². The van der Waals surface area contributed by atoms with Crippen molar-refractivity contribution < 1.29 is 4.39 Å². The Morgan fingerprint density at radius 1 is 1.14 bits per heavy atom. The van der Waals surface area contributed by atoms with Crippen LogP contribution in [-0.2, 0) is 0 Å². The second kappa shape index (κ2) is 5.50. The highest BCUT2D eigenvalue weighted by Gasteiger charge is 2.15. The first-order valence-corrected chi connectivity index (χ1v) is 6.75. The minimum Gasteiger partial charge on any atom is -0.319 e. The number of rotatable bonds is 3. The smallest absolute Gasteiger partial charge is 0.125 e. The second-order valence-corrected chi connectivity index (χ2v) is 5.06. The molecule has 0 bridgehead atoms. The molecular formula is C17H16FN3. The summed E-state index contributed by atoms with van der Waals surface area (Å²) >= 11 is 0. The van der Waals surface area contributed by atoms with Gasteiger partial charge in [-0.3, -0.25) is 0 Å². The molecule has 0 aliphatic carbocycles. The van der Waals surface area contributed by atoms with E-state index < -0.39 is 0 Å². The second-order valence-electron chi connectivity index (χ2n) is 5.06. The number of hydrogen-bond donors (Lipinski definition) is 1. The summed E-state index contributed by atoms with van der Waals surface area (Å²) in [5.74, 6) is -0.266. The maximum absolute atomic E-state index is 13.6. The Bertz CT molecular complexity index is 729. The van der Waals surface area contributed by atoms with Gasteiger partial charge in [0.2, 0.25) is 0 Å². The maximum atomic E-state index is 13.6. The first-order chi connectivity index (χ1) is 10.1. The standard InChI is InChI=1S/C17H16FN3/c1-12-7-14(18)9-15(8-12)21-11-20-10-16(21)17(19)13-5-3-2-4-6-13/h2-11,17H,19H2,1H3. The predicted octanol–water partition coefficient (Wildman–Crippen LogP) is 3.37. The lowest BCUT2D eigenvalue weighted by atomic mass is 10.1. The predicted molar refractivity (Wildman–Crippen MR) is 80.7 cm³/mol. The van der Waals surface area contributed by atoms with Gasteiger partial charge in [0.25, 0.3) is 0 Å². The summed E-state index contributed by atoms with van der Waals surface area (Å²) in [5, 5.41) is 0. The molecule has 1 unspecified atom stereocenters. The third kappa shape index (κ3) is 2.71. The topological polar surface area (TPSA) is 43.8 Å². The molecule has 2 aromatic carbocycles. The number of imidazole rings is 1. The van der Waals surface area contributed by atoms with Gasteiger partial charge in [-0.05, 0) is 36.2 Å². The van der Waals surface area contributed by atoms with Gasteiger partial charge in [0.1, 0.15) is 5.82 Å². The highest BCUT2D eigenvalue weighted by Crippen LogP contribution is 2.23. The van der Waals surface area contributed by atoms with Crippen LogP contribution in [-0.4, -0.2) is 9.55 Å². The zero-order valence-corrected chi connectivity index (χ0v) is 11.7. The van der Waals surface area contributed by atoms with Crippen molar-refractivity contribution in [3.63, 3.8) is 0 Å². The monoisotopic (exact) mass is 281 g/mol. The molecule has 0 radical (unpaired) electrons. The number of nitrogens with two attached hydrogens (primary N) is 1. The summed E-state index contributed by atoms with van der Waals surface area (Å²) in [5.41, 5.74) is 9.73. The Labute approximate surface area is 122 Å². The van der Waals surface area contributed by atoms with Gasteiger partial charge >= 0.3 is 0 Å². The van der Waals surface area contributed by atoms with Crippen molar-refractivity contribution in [3.8, 4) is 5.69 Å². The van der Waals surface area contributed by atoms with Gasteiger partial charge in [-0.25, -0.2) is 9.37 Å². The maximum Gasteiger partial charge on any atom is 0.125 e. The van der Waals surface area contributed by atoms with Crippen LogP contribution in [0.2, 0.25) is 0 Å². The van der Waals surface area contributed by atoms with E-state index >= 15 is 0 Å². The Morgan fingerprint density at radius 3 is 2.62 bits per heavy atom. The van der Waals surface area contributed by atoms with Gasteiger partial charge in [-0.1, -0.05) is 30.3 Å². The fourth-order valence-electron chi connectivity index (χ4n) is 2.44. The lowest BCUT2D eigenvalue weighted by Crippen LogP contribution is -2.15. The molecule has 0 fully saturated rings. The SMILES string of the molecule is Cc1cc(F)cc(-n2cncc2C(N)c2ccccc2)c1. The van der Waals surface area contributed by atoms with Gasteiger partial charge in [-0.2, -0.15) is 0 Å². The molecule has 106 valence electrons. The van der Waals surface area contributed by atoms with Crippen molar-refractivity contribution in [2.45, 2.75) is 13.0 Å². The van der Waals surface area contributed by atoms with Gasteiger partial charge in [0, 0.05) is 0 Å². The van der Waals surface area contributed by atoms with Gasteiger partial charge in [-0.15, -0.1) is 0 Å². The summed E-state index contributed by atoms with van der Waals surface area (Å²) in [6.07, 6.45) is 3.38. The molecule has 3 rings (SSSR count). The van der Waals surface area contributed by atoms with Gasteiger partial charge in [0.15, 0.2) is 0 Å². The van der Waals surface area contributed by atoms with Crippen LogP contribution in [0.25, 0.3) is 5.69 Å². The van der Waals surface area contributed by atoms with Crippen LogP contribution in [0, 0.1) is 12.7 Å². The molecule has 0 saturated carbocycles. The van der Waals surface area contributed by atoms with Gasteiger partial charge < -0.3 is 10.3 Å². The molecule has 3 nitrogen and oxygen atoms in total. The van der Waals surface area contributed by atoms with E-state index in [4.69, 9.17) is 5.73 Å². The summed E-state index contributed by atoms with van der Waals surface area (Å²) < 4.78 is 15.4. The molecule has 0 spiro atoms. The zero-order valence-electron chi connectivity index (χ0n) is 11.7. The van der Waals surface area contributed by atoms with E-state index in [-0.39, 0.29) is 11.9 Å². The van der Waals surface area contributed by atoms with Crippen molar-refractivity contribution in [2.24, 2.45) is 5.73 Å². The van der Waals surface area contributed by atoms with Crippen LogP contribution in [0.3, 0.4) is 0 Å². The average molecular weight is 281 g/mol. The molecule has 0 aliphatic rings. The van der Waals surface area contributed by atoms with E-state index in [1.165, 1.54) is 12.1 Å². The fraction of sp³-hybridized carbons (Fsp3) is 0.118. The van der Waals surface area contributed by atoms with E-state index in [1.54, 1.807) is 12.5 Å². The Morgan fingerprint density at radius 2 is 1.90 bits per heavy atom. The lowest BCUT2D eigenvalue weighted by Gasteiger charge is -2.15. The molecule has 0 saturated heterocycles. The van der Waals surface area contributed by atoms with Crippen LogP contribution in [0.5, 0.6) is 0 Å². The number of nitrogens with zero attached hydrogens (tertiary/aromatic N) is 2. The summed E-state index contributed by atoms with van der Waals surface area (Å²) in [4.78, 5) is 4.16. The molecule has 2 N–H and O–H groups in total. The van der Waals surface area contributed by atoms with E-state index in [0.29, 0.717) is 0 Å². The molecule has 3 aromatic rings. The van der Waals surface area contributed by atoms with Crippen LogP contribution >= 0.6 is 0 Å². The van der Waals surface area contributed by atoms with Crippen LogP contribution in [0.15, 0.2) is 61.1 Å². The molecule has 0 aliphatic heterocycles. The lowest BCUT2D eigenvalue weighted by molar-refractivity contribution is 0.624. The van der Waals surface area contributed by atoms with Crippen molar-refractivity contribution in [1.29, 1.82) is 0 Å². The molecule has 1 atom stereocenters. The van der Waals surface area contributed by atoms with E-state index in [9.17, 15) is 4.39 Å². The molecule has 1 heterocycles. The molecular weight excluding hydrogens is 265 g/mol. The third-order valence-electron chi connectivity index (χ3n) is 3.45. The van der Waals surface area contributed by atoms with Crippen LogP contribution < -0.4 is 5.73 Å². The van der Waals surface area contributed by atoms with E-state index in [2.05, 4.69) is 4.98 Å². The number of hydrogen-bond acceptors (Lipinski definition) is 2. The number of halogens is 1. The van der Waals surface area contributed by atoms with Crippen molar-refractivity contribution in [3.05, 3.63) is 83.7 Å². The minimum absolute atomic E-state index is 0.266. The molecule has 0 amide bonds. The van der Waals surface area contributed by atoms with E-state index in [0.717, 1.165) is 22.5 Å². The van der Waals surface area contributed by atoms with Crippen molar-refractivity contribution in [2.75, 3.05) is 0 Å². The van der Waals surface area contributed by atoms with Crippen molar-refractivity contribution >= 4 is 0 Å².